The van der Waals surface area contributed by atoms with Gasteiger partial charge in [-0.15, -0.1) is 0 Å². The van der Waals surface area contributed by atoms with Crippen LogP contribution in [0.3, 0.4) is 0 Å². The van der Waals surface area contributed by atoms with Crippen molar-refractivity contribution in [1.82, 2.24) is 5.32 Å². The highest BCUT2D eigenvalue weighted by Crippen LogP contribution is 2.38. The molecule has 1 aromatic carbocycles. The number of carbonyl (C=O) groups excluding carboxylic acids is 1. The minimum atomic E-state index is -1.05. The van der Waals surface area contributed by atoms with Crippen LogP contribution in [0.2, 0.25) is 0 Å². The summed E-state index contributed by atoms with van der Waals surface area (Å²) in [5.41, 5.74) is -0.207. The number of ether oxygens (including phenoxy) is 3. The van der Waals surface area contributed by atoms with Crippen LogP contribution in [0, 0.1) is 0 Å². The van der Waals surface area contributed by atoms with Crippen LogP contribution in [0.1, 0.15) is 24.8 Å². The van der Waals surface area contributed by atoms with E-state index in [1.807, 2.05) is 0 Å². The van der Waals surface area contributed by atoms with Crippen LogP contribution in [0.25, 0.3) is 0 Å². The Morgan fingerprint density at radius 2 is 1.70 bits per heavy atom. The SMILES string of the molecule is COc1cc(CCC(=O)NC2(C(=O)O)CC2)cc(OC)c1OC. The third-order valence-corrected chi connectivity index (χ3v) is 3.90. The molecule has 2 rings (SSSR count). The van der Waals surface area contributed by atoms with Crippen molar-refractivity contribution >= 4 is 11.9 Å². The van der Waals surface area contributed by atoms with E-state index in [9.17, 15) is 9.59 Å². The highest BCUT2D eigenvalue weighted by Gasteiger charge is 2.51. The van der Waals surface area contributed by atoms with Gasteiger partial charge in [-0.25, -0.2) is 4.79 Å². The van der Waals surface area contributed by atoms with Crippen molar-refractivity contribution in [3.8, 4) is 17.2 Å². The Kier molecular flexibility index (Phi) is 4.98. The summed E-state index contributed by atoms with van der Waals surface area (Å²) in [4.78, 5) is 23.0. The predicted octanol–water partition coefficient (Wildman–Crippen LogP) is 1.38. The van der Waals surface area contributed by atoms with Crippen LogP contribution in [0.5, 0.6) is 17.2 Å². The highest BCUT2D eigenvalue weighted by atomic mass is 16.5. The van der Waals surface area contributed by atoms with Crippen molar-refractivity contribution < 1.29 is 28.9 Å². The molecule has 0 atom stereocenters. The van der Waals surface area contributed by atoms with Gasteiger partial charge in [-0.2, -0.15) is 0 Å². The summed E-state index contributed by atoms with van der Waals surface area (Å²) in [6, 6.07) is 3.55. The first-order valence-electron chi connectivity index (χ1n) is 7.29. The number of carboxylic acids is 1. The van der Waals surface area contributed by atoms with Gasteiger partial charge in [-0.3, -0.25) is 4.79 Å². The molecule has 0 aliphatic heterocycles. The largest absolute Gasteiger partial charge is 0.493 e. The molecule has 0 aromatic heterocycles. The molecule has 23 heavy (non-hydrogen) atoms. The second kappa shape index (κ2) is 6.76. The van der Waals surface area contributed by atoms with E-state index >= 15 is 0 Å². The van der Waals surface area contributed by atoms with Crippen molar-refractivity contribution in [2.75, 3.05) is 21.3 Å². The molecule has 1 saturated carbocycles. The average molecular weight is 323 g/mol. The molecule has 0 unspecified atom stereocenters. The number of aryl methyl sites for hydroxylation is 1. The number of nitrogens with one attached hydrogen (secondary N) is 1. The summed E-state index contributed by atoms with van der Waals surface area (Å²) in [6.07, 6.45) is 1.60. The molecule has 0 spiro atoms. The van der Waals surface area contributed by atoms with E-state index in [0.717, 1.165) is 5.56 Å². The molecular weight excluding hydrogens is 302 g/mol. The van der Waals surface area contributed by atoms with E-state index in [4.69, 9.17) is 19.3 Å². The Labute approximate surface area is 134 Å². The van der Waals surface area contributed by atoms with Crippen LogP contribution in [-0.2, 0) is 16.0 Å². The first-order valence-corrected chi connectivity index (χ1v) is 7.29. The maximum Gasteiger partial charge on any atom is 0.329 e. The monoisotopic (exact) mass is 323 g/mol. The standard InChI is InChI=1S/C16H21NO6/c1-21-11-8-10(9-12(22-2)14(11)23-3)4-5-13(18)17-16(6-7-16)15(19)20/h8-9H,4-7H2,1-3H3,(H,17,18)(H,19,20). The topological polar surface area (TPSA) is 94.1 Å². The minimum Gasteiger partial charge on any atom is -0.493 e. The summed E-state index contributed by atoms with van der Waals surface area (Å²) < 4.78 is 15.8. The molecule has 126 valence electrons. The quantitative estimate of drug-likeness (QED) is 0.750. The van der Waals surface area contributed by atoms with Crippen molar-refractivity contribution in [3.05, 3.63) is 17.7 Å². The van der Waals surface area contributed by atoms with E-state index in [2.05, 4.69) is 5.32 Å². The molecule has 2 N–H and O–H groups in total. The van der Waals surface area contributed by atoms with Gasteiger partial charge in [0, 0.05) is 6.42 Å². The number of carbonyl (C=O) groups is 2. The molecule has 7 heteroatoms. The summed E-state index contributed by atoms with van der Waals surface area (Å²) in [6.45, 7) is 0. The van der Waals surface area contributed by atoms with Crippen LogP contribution in [-0.4, -0.2) is 43.9 Å². The maximum absolute atomic E-state index is 11.9. The number of hydrogen-bond donors (Lipinski definition) is 2. The van der Waals surface area contributed by atoms with Gasteiger partial charge in [0.2, 0.25) is 11.7 Å². The van der Waals surface area contributed by atoms with Crippen LogP contribution >= 0.6 is 0 Å². The summed E-state index contributed by atoms with van der Waals surface area (Å²) >= 11 is 0. The zero-order valence-corrected chi connectivity index (χ0v) is 13.5. The van der Waals surface area contributed by atoms with Gasteiger partial charge >= 0.3 is 5.97 Å². The summed E-state index contributed by atoms with van der Waals surface area (Å²) in [5.74, 6) is 0.279. The molecule has 1 aromatic rings. The Balaban J connectivity index is 2.03. The van der Waals surface area contributed by atoms with E-state index in [1.54, 1.807) is 12.1 Å². The first kappa shape index (κ1) is 16.9. The maximum atomic E-state index is 11.9. The zero-order chi connectivity index (χ0) is 17.0. The zero-order valence-electron chi connectivity index (χ0n) is 13.5. The smallest absolute Gasteiger partial charge is 0.329 e. The summed E-state index contributed by atoms with van der Waals surface area (Å²) in [7, 11) is 4.57. The molecule has 7 nitrogen and oxygen atoms in total. The lowest BCUT2D eigenvalue weighted by Gasteiger charge is -2.15. The molecule has 0 radical (unpaired) electrons. The lowest BCUT2D eigenvalue weighted by molar-refractivity contribution is -0.143. The number of benzene rings is 1. The van der Waals surface area contributed by atoms with Crippen molar-refractivity contribution in [2.45, 2.75) is 31.2 Å². The molecule has 0 heterocycles. The molecule has 1 aliphatic carbocycles. The van der Waals surface area contributed by atoms with E-state index in [-0.39, 0.29) is 12.3 Å². The Bertz CT molecular complexity index is 584. The van der Waals surface area contributed by atoms with Gasteiger partial charge in [0.05, 0.1) is 21.3 Å². The van der Waals surface area contributed by atoms with E-state index in [0.29, 0.717) is 36.5 Å². The van der Waals surface area contributed by atoms with Crippen molar-refractivity contribution in [2.24, 2.45) is 0 Å². The van der Waals surface area contributed by atoms with E-state index < -0.39 is 11.5 Å². The number of rotatable bonds is 8. The number of methoxy groups -OCH3 is 3. The summed E-state index contributed by atoms with van der Waals surface area (Å²) in [5, 5.41) is 11.7. The van der Waals surface area contributed by atoms with Gasteiger partial charge in [-0.1, -0.05) is 0 Å². The normalized spacial score (nSPS) is 14.7. The Morgan fingerprint density at radius 1 is 1.13 bits per heavy atom. The molecular formula is C16H21NO6. The van der Waals surface area contributed by atoms with Crippen molar-refractivity contribution in [3.63, 3.8) is 0 Å². The first-order chi connectivity index (χ1) is 11.0. The second-order valence-electron chi connectivity index (χ2n) is 5.47. The highest BCUT2D eigenvalue weighted by molar-refractivity contribution is 5.89. The third-order valence-electron chi connectivity index (χ3n) is 3.90. The fourth-order valence-corrected chi connectivity index (χ4v) is 2.38. The predicted molar refractivity (Wildman–Crippen MR) is 82.2 cm³/mol. The molecule has 0 bridgehead atoms. The van der Waals surface area contributed by atoms with E-state index in [1.165, 1.54) is 21.3 Å². The third kappa shape index (κ3) is 3.67. The van der Waals surface area contributed by atoms with Gasteiger partial charge in [0.1, 0.15) is 5.54 Å². The molecule has 1 fully saturated rings. The van der Waals surface area contributed by atoms with Crippen LogP contribution in [0.4, 0.5) is 0 Å². The van der Waals surface area contributed by atoms with Gasteiger partial charge < -0.3 is 24.6 Å². The van der Waals surface area contributed by atoms with Gasteiger partial charge in [0.15, 0.2) is 11.5 Å². The van der Waals surface area contributed by atoms with Gasteiger partial charge in [-0.05, 0) is 37.0 Å². The lowest BCUT2D eigenvalue weighted by atomic mass is 10.1. The van der Waals surface area contributed by atoms with Crippen LogP contribution in [0.15, 0.2) is 12.1 Å². The fraction of sp³-hybridized carbons (Fsp3) is 0.500. The average Bonchev–Trinajstić information content (AvgIpc) is 3.32. The van der Waals surface area contributed by atoms with Crippen molar-refractivity contribution in [1.29, 1.82) is 0 Å². The number of aliphatic carboxylic acids is 1. The number of carboxylic acid groups (broad SMARTS) is 1. The Morgan fingerprint density at radius 3 is 2.09 bits per heavy atom. The van der Waals surface area contributed by atoms with Gasteiger partial charge in [0.25, 0.3) is 0 Å². The van der Waals surface area contributed by atoms with Crippen LogP contribution < -0.4 is 19.5 Å². The number of amides is 1. The Hall–Kier alpha value is -2.44. The molecule has 1 aliphatic rings. The fourth-order valence-electron chi connectivity index (χ4n) is 2.38. The number of hydrogen-bond acceptors (Lipinski definition) is 5. The molecule has 0 saturated heterocycles. The second-order valence-corrected chi connectivity index (χ2v) is 5.47. The lowest BCUT2D eigenvalue weighted by Crippen LogP contribution is -2.43. The minimum absolute atomic E-state index is 0.188. The molecule has 1 amide bonds.